The molecule has 0 bridgehead atoms. The van der Waals surface area contributed by atoms with Crippen LogP contribution in [0.1, 0.15) is 16.6 Å². The first-order valence-electron chi connectivity index (χ1n) is 9.25. The summed E-state index contributed by atoms with van der Waals surface area (Å²) in [6, 6.07) is 2.94. The summed E-state index contributed by atoms with van der Waals surface area (Å²) in [6.07, 6.45) is -3.09. The van der Waals surface area contributed by atoms with Crippen LogP contribution in [0.3, 0.4) is 0 Å². The van der Waals surface area contributed by atoms with Crippen molar-refractivity contribution in [3.8, 4) is 11.5 Å². The third kappa shape index (κ3) is 4.37. The van der Waals surface area contributed by atoms with Crippen LogP contribution in [0.5, 0.6) is 11.5 Å². The second-order valence-electron chi connectivity index (χ2n) is 7.00. The number of amides is 1. The minimum Gasteiger partial charge on any atom is -0.504 e. The zero-order valence-electron chi connectivity index (χ0n) is 16.5. The highest BCUT2D eigenvalue weighted by atomic mass is 32.2. The highest BCUT2D eigenvalue weighted by Crippen LogP contribution is 2.32. The van der Waals surface area contributed by atoms with E-state index >= 15 is 0 Å². The van der Waals surface area contributed by atoms with Crippen molar-refractivity contribution >= 4 is 33.2 Å². The number of phenolic OH excluding ortho intramolecular Hbond substituents is 2. The van der Waals surface area contributed by atoms with E-state index in [2.05, 4.69) is 15.0 Å². The first-order valence-corrected chi connectivity index (χ1v) is 10.7. The van der Waals surface area contributed by atoms with E-state index < -0.39 is 58.9 Å². The second kappa shape index (κ2) is 8.41. The highest BCUT2D eigenvalue weighted by molar-refractivity contribution is 7.85. The van der Waals surface area contributed by atoms with Gasteiger partial charge < -0.3 is 30.9 Å². The van der Waals surface area contributed by atoms with Gasteiger partial charge in [0.05, 0.1) is 12.9 Å². The molecule has 7 N–H and O–H groups in total. The summed E-state index contributed by atoms with van der Waals surface area (Å²) in [5.74, 6) is -2.16. The van der Waals surface area contributed by atoms with E-state index in [4.69, 9.17) is 14.7 Å². The minimum absolute atomic E-state index is 0.0930. The van der Waals surface area contributed by atoms with Crippen LogP contribution in [-0.2, 0) is 19.2 Å². The molecule has 16 heteroatoms. The first kappa shape index (κ1) is 22.6. The minimum atomic E-state index is -4.66. The van der Waals surface area contributed by atoms with Crippen molar-refractivity contribution in [1.29, 1.82) is 0 Å². The molecule has 4 rings (SSSR count). The zero-order chi connectivity index (χ0) is 23.9. The number of fused-ring (bicyclic) bond motifs is 1. The van der Waals surface area contributed by atoms with E-state index in [1.807, 2.05) is 0 Å². The molecule has 1 amide bonds. The molecule has 0 saturated carbocycles. The molecule has 2 aromatic heterocycles. The molecule has 3 aromatic rings. The van der Waals surface area contributed by atoms with Crippen molar-refractivity contribution in [3.05, 3.63) is 36.4 Å². The summed E-state index contributed by atoms with van der Waals surface area (Å²) in [6.45, 7) is -0.748. The number of phenols is 2. The van der Waals surface area contributed by atoms with E-state index in [0.717, 1.165) is 18.2 Å². The zero-order valence-corrected chi connectivity index (χ0v) is 17.3. The number of imidazole rings is 1. The Morgan fingerprint density at radius 1 is 1.18 bits per heavy atom. The average Bonchev–Trinajstić information content (AvgIpc) is 3.31. The highest BCUT2D eigenvalue weighted by Gasteiger charge is 2.45. The van der Waals surface area contributed by atoms with Gasteiger partial charge in [-0.3, -0.25) is 13.5 Å². The van der Waals surface area contributed by atoms with Gasteiger partial charge in [0.25, 0.3) is 5.91 Å². The number of carbonyl (C=O) groups excluding carboxylic acids is 1. The van der Waals surface area contributed by atoms with Gasteiger partial charge in [-0.1, -0.05) is 0 Å². The Balaban J connectivity index is 1.43. The number of nitrogen functional groups attached to an aromatic ring is 1. The van der Waals surface area contributed by atoms with Crippen LogP contribution in [0.2, 0.25) is 0 Å². The standard InChI is InChI=1S/C17H18N6O9S/c18-14-11-15(20-5-19-14)23(6-21-11)17-13(27)12(26)10(32-17)4-31-33(29,30)22-16(28)7-1-2-8(24)9(25)3-7/h1-3,5-6,10,12-13,17,24-27H,4H2,(H,22,28)(H2,18,19,20)/t10?,12-,13-,17?/m1/s1. The number of nitrogens with zero attached hydrogens (tertiary/aromatic N) is 4. The molecule has 176 valence electrons. The number of nitrogens with two attached hydrogens (primary N) is 1. The Morgan fingerprint density at radius 3 is 2.67 bits per heavy atom. The second-order valence-corrected chi connectivity index (χ2v) is 8.35. The van der Waals surface area contributed by atoms with Crippen molar-refractivity contribution < 1.29 is 42.6 Å². The molecule has 0 spiro atoms. The number of ether oxygens (including phenoxy) is 1. The van der Waals surface area contributed by atoms with Gasteiger partial charge in [-0.15, -0.1) is 0 Å². The quantitative estimate of drug-likeness (QED) is 0.212. The van der Waals surface area contributed by atoms with Gasteiger partial charge in [-0.2, -0.15) is 8.42 Å². The fourth-order valence-corrected chi connectivity index (χ4v) is 3.89. The van der Waals surface area contributed by atoms with Crippen molar-refractivity contribution in [2.45, 2.75) is 24.5 Å². The molecule has 1 aliphatic rings. The summed E-state index contributed by atoms with van der Waals surface area (Å²) < 4.78 is 37.4. The van der Waals surface area contributed by atoms with Crippen LogP contribution in [0.25, 0.3) is 11.2 Å². The predicted octanol–water partition coefficient (Wildman–Crippen LogP) is -1.87. The molecule has 3 heterocycles. The normalized spacial score (nSPS) is 23.1. The number of rotatable bonds is 6. The van der Waals surface area contributed by atoms with Crippen molar-refractivity contribution in [1.82, 2.24) is 24.2 Å². The molecule has 0 radical (unpaired) electrons. The van der Waals surface area contributed by atoms with Crippen molar-refractivity contribution in [3.63, 3.8) is 0 Å². The fraction of sp³-hybridized carbons (Fsp3) is 0.294. The van der Waals surface area contributed by atoms with Crippen molar-refractivity contribution in [2.75, 3.05) is 12.3 Å². The number of aliphatic hydroxyl groups is 2. The van der Waals surface area contributed by atoms with Crippen molar-refractivity contribution in [2.24, 2.45) is 0 Å². The van der Waals surface area contributed by atoms with Crippen LogP contribution in [0.4, 0.5) is 5.82 Å². The Morgan fingerprint density at radius 2 is 1.94 bits per heavy atom. The molecular weight excluding hydrogens is 464 g/mol. The molecule has 15 nitrogen and oxygen atoms in total. The largest absolute Gasteiger partial charge is 0.504 e. The van der Waals surface area contributed by atoms with Gasteiger partial charge in [0.1, 0.15) is 30.2 Å². The Labute approximate surface area is 185 Å². The molecule has 33 heavy (non-hydrogen) atoms. The fourth-order valence-electron chi connectivity index (χ4n) is 3.18. The van der Waals surface area contributed by atoms with Gasteiger partial charge in [0, 0.05) is 5.56 Å². The molecule has 4 atom stereocenters. The van der Waals surface area contributed by atoms with Crippen LogP contribution >= 0.6 is 0 Å². The molecule has 2 unspecified atom stereocenters. The lowest BCUT2D eigenvalue weighted by Crippen LogP contribution is -2.37. The monoisotopic (exact) mass is 482 g/mol. The maximum Gasteiger partial charge on any atom is 0.362 e. The lowest BCUT2D eigenvalue weighted by atomic mass is 10.1. The molecule has 1 aliphatic heterocycles. The average molecular weight is 482 g/mol. The number of aromatic hydroxyl groups is 2. The summed E-state index contributed by atoms with van der Waals surface area (Å²) in [7, 11) is -4.66. The number of carbonyl (C=O) groups is 1. The summed E-state index contributed by atoms with van der Waals surface area (Å²) in [5, 5.41) is 39.4. The lowest BCUT2D eigenvalue weighted by molar-refractivity contribution is -0.0468. The van der Waals surface area contributed by atoms with Gasteiger partial charge in [-0.25, -0.2) is 19.7 Å². The molecule has 0 aliphatic carbocycles. The van der Waals surface area contributed by atoms with Crippen LogP contribution in [0.15, 0.2) is 30.9 Å². The Bertz CT molecular complexity index is 1310. The number of nitrogens with one attached hydrogen (secondary N) is 1. The van der Waals surface area contributed by atoms with Crippen LogP contribution in [-0.4, -0.2) is 79.2 Å². The Hall–Kier alpha value is -3.57. The lowest BCUT2D eigenvalue weighted by Gasteiger charge is -2.16. The van der Waals surface area contributed by atoms with Gasteiger partial charge in [0.15, 0.2) is 29.2 Å². The van der Waals surface area contributed by atoms with E-state index in [1.54, 1.807) is 4.72 Å². The SMILES string of the molecule is Nc1ncnc2c1ncn2C1OC(COS(=O)(=O)NC(=O)c2ccc(O)c(O)c2)[C@@H](O)[C@H]1O. The maximum absolute atomic E-state index is 12.1. The number of anilines is 1. The predicted molar refractivity (Wildman–Crippen MR) is 108 cm³/mol. The Kier molecular flexibility index (Phi) is 5.76. The molecule has 1 fully saturated rings. The van der Waals surface area contributed by atoms with E-state index in [1.165, 1.54) is 17.2 Å². The number of aromatic nitrogens is 4. The summed E-state index contributed by atoms with van der Waals surface area (Å²) >= 11 is 0. The van der Waals surface area contributed by atoms with Crippen LogP contribution < -0.4 is 10.5 Å². The smallest absolute Gasteiger partial charge is 0.362 e. The van der Waals surface area contributed by atoms with Gasteiger partial charge in [0.2, 0.25) is 0 Å². The molecule has 1 aromatic carbocycles. The van der Waals surface area contributed by atoms with E-state index in [9.17, 15) is 33.6 Å². The third-order valence-electron chi connectivity index (χ3n) is 4.84. The number of aliphatic hydroxyl groups excluding tert-OH is 2. The maximum atomic E-state index is 12.1. The first-order chi connectivity index (χ1) is 15.6. The summed E-state index contributed by atoms with van der Waals surface area (Å²) in [4.78, 5) is 23.9. The third-order valence-corrected chi connectivity index (χ3v) is 5.72. The van der Waals surface area contributed by atoms with Gasteiger partial charge in [-0.05, 0) is 18.2 Å². The number of benzene rings is 1. The molecule has 1 saturated heterocycles. The van der Waals surface area contributed by atoms with Crippen LogP contribution in [0, 0.1) is 0 Å². The van der Waals surface area contributed by atoms with E-state index in [-0.39, 0.29) is 22.5 Å². The number of hydrogen-bond acceptors (Lipinski definition) is 13. The van der Waals surface area contributed by atoms with E-state index in [0.29, 0.717) is 0 Å². The van der Waals surface area contributed by atoms with Gasteiger partial charge >= 0.3 is 10.3 Å². The number of hydrogen-bond donors (Lipinski definition) is 6. The molecular formula is C17H18N6O9S. The summed E-state index contributed by atoms with van der Waals surface area (Å²) in [5.41, 5.74) is 5.92. The topological polar surface area (TPSA) is 232 Å².